The van der Waals surface area contributed by atoms with E-state index in [1.54, 1.807) is 6.20 Å². The number of carbonyl (C=O) groups excluding carboxylic acids is 1. The summed E-state index contributed by atoms with van der Waals surface area (Å²) in [6.45, 7) is 0.00584. The number of aryl methyl sites for hydroxylation is 1. The molecule has 0 saturated carbocycles. The van der Waals surface area contributed by atoms with Crippen molar-refractivity contribution in [2.24, 2.45) is 0 Å². The van der Waals surface area contributed by atoms with Gasteiger partial charge in [0.05, 0.1) is 0 Å². The molecule has 1 amide bonds. The van der Waals surface area contributed by atoms with E-state index in [2.05, 4.69) is 10.3 Å². The van der Waals surface area contributed by atoms with Crippen LogP contribution >= 0.6 is 0 Å². The van der Waals surface area contributed by atoms with Gasteiger partial charge in [0, 0.05) is 42.9 Å². The lowest BCUT2D eigenvalue weighted by Crippen LogP contribution is -2.21. The van der Waals surface area contributed by atoms with E-state index < -0.39 is 0 Å². The molecule has 3 rings (SSSR count). The summed E-state index contributed by atoms with van der Waals surface area (Å²) < 4.78 is 5.74. The Morgan fingerprint density at radius 2 is 1.92 bits per heavy atom. The number of nitrogens with one attached hydrogen (secondary N) is 1. The summed E-state index contributed by atoms with van der Waals surface area (Å²) in [4.78, 5) is 18.5. The zero-order valence-electron chi connectivity index (χ0n) is 14.2. The van der Waals surface area contributed by atoms with Crippen LogP contribution in [-0.2, 0) is 17.6 Å². The van der Waals surface area contributed by atoms with E-state index in [4.69, 9.17) is 4.74 Å². The summed E-state index contributed by atoms with van der Waals surface area (Å²) in [7, 11) is 3.97. The minimum Gasteiger partial charge on any atom is -0.483 e. The van der Waals surface area contributed by atoms with Gasteiger partial charge < -0.3 is 15.0 Å². The van der Waals surface area contributed by atoms with Crippen LogP contribution in [0.5, 0.6) is 5.75 Å². The minimum absolute atomic E-state index is 0.00584. The first-order valence-corrected chi connectivity index (χ1v) is 8.30. The smallest absolute Gasteiger partial charge is 0.262 e. The zero-order chi connectivity index (χ0) is 16.9. The molecule has 0 spiro atoms. The molecule has 0 bridgehead atoms. The lowest BCUT2D eigenvalue weighted by molar-refractivity contribution is -0.118. The van der Waals surface area contributed by atoms with Gasteiger partial charge in [0.15, 0.2) is 6.61 Å². The van der Waals surface area contributed by atoms with Crippen LogP contribution in [0.3, 0.4) is 0 Å². The van der Waals surface area contributed by atoms with E-state index in [1.807, 2.05) is 49.3 Å². The van der Waals surface area contributed by atoms with Crippen LogP contribution in [0, 0.1) is 0 Å². The van der Waals surface area contributed by atoms with Crippen LogP contribution in [0.25, 0.3) is 0 Å². The molecule has 0 fully saturated rings. The van der Waals surface area contributed by atoms with Crippen molar-refractivity contribution < 1.29 is 9.53 Å². The molecule has 1 aliphatic carbocycles. The highest BCUT2D eigenvalue weighted by Crippen LogP contribution is 2.27. The van der Waals surface area contributed by atoms with Gasteiger partial charge in [-0.1, -0.05) is 0 Å². The lowest BCUT2D eigenvalue weighted by Gasteiger charge is -2.18. The van der Waals surface area contributed by atoms with Crippen molar-refractivity contribution in [3.63, 3.8) is 0 Å². The Morgan fingerprint density at radius 3 is 2.67 bits per heavy atom. The fourth-order valence-corrected chi connectivity index (χ4v) is 2.91. The van der Waals surface area contributed by atoms with E-state index in [9.17, 15) is 4.79 Å². The molecular weight excluding hydrogens is 302 g/mol. The number of anilines is 2. The molecule has 5 heteroatoms. The van der Waals surface area contributed by atoms with Crippen LogP contribution in [0.4, 0.5) is 11.4 Å². The first-order chi connectivity index (χ1) is 11.6. The minimum atomic E-state index is -0.158. The molecule has 1 N–H and O–H groups in total. The van der Waals surface area contributed by atoms with Gasteiger partial charge in [0.25, 0.3) is 5.91 Å². The summed E-state index contributed by atoms with van der Waals surface area (Å²) in [6.07, 6.45) is 6.06. The zero-order valence-corrected chi connectivity index (χ0v) is 14.2. The van der Waals surface area contributed by atoms with E-state index in [1.165, 1.54) is 6.42 Å². The second kappa shape index (κ2) is 7.34. The molecule has 1 heterocycles. The Balaban J connectivity index is 1.58. The van der Waals surface area contributed by atoms with E-state index in [-0.39, 0.29) is 12.5 Å². The van der Waals surface area contributed by atoms with Gasteiger partial charge >= 0.3 is 0 Å². The molecule has 0 saturated heterocycles. The average Bonchev–Trinajstić information content (AvgIpc) is 2.60. The largest absolute Gasteiger partial charge is 0.483 e. The van der Waals surface area contributed by atoms with Gasteiger partial charge in [-0.3, -0.25) is 9.78 Å². The van der Waals surface area contributed by atoms with Crippen molar-refractivity contribution in [3.8, 4) is 5.75 Å². The number of amides is 1. The van der Waals surface area contributed by atoms with Crippen LogP contribution in [0.15, 0.2) is 36.5 Å². The molecule has 0 atom stereocenters. The third-order valence-electron chi connectivity index (χ3n) is 4.22. The maximum Gasteiger partial charge on any atom is 0.262 e. The van der Waals surface area contributed by atoms with Gasteiger partial charge in [-0.2, -0.15) is 0 Å². The van der Waals surface area contributed by atoms with E-state index in [0.29, 0.717) is 0 Å². The Hall–Kier alpha value is -2.56. The molecule has 1 aliphatic rings. The summed E-state index contributed by atoms with van der Waals surface area (Å²) in [5, 5.41) is 2.86. The highest BCUT2D eigenvalue weighted by Gasteiger charge is 2.15. The predicted molar refractivity (Wildman–Crippen MR) is 95.8 cm³/mol. The third-order valence-corrected chi connectivity index (χ3v) is 4.22. The number of ether oxygens (including phenoxy) is 1. The number of pyridine rings is 1. The topological polar surface area (TPSA) is 54.5 Å². The maximum atomic E-state index is 12.1. The van der Waals surface area contributed by atoms with Crippen LogP contribution in [0.1, 0.15) is 24.1 Å². The summed E-state index contributed by atoms with van der Waals surface area (Å²) in [5.74, 6) is 0.631. The Kier molecular flexibility index (Phi) is 4.99. The standard InChI is InChI=1S/C19H23N3O2/c1-22(2)15-9-7-14(8-10-15)21-19(23)13-24-18-11-12-20-17-6-4-3-5-16(17)18/h7-12H,3-6,13H2,1-2H3,(H,21,23). The van der Waals surface area contributed by atoms with Gasteiger partial charge in [-0.15, -0.1) is 0 Å². The number of aromatic nitrogens is 1. The maximum absolute atomic E-state index is 12.1. The summed E-state index contributed by atoms with van der Waals surface area (Å²) in [6, 6.07) is 9.57. The Labute approximate surface area is 142 Å². The van der Waals surface area contributed by atoms with Crippen molar-refractivity contribution in [2.45, 2.75) is 25.7 Å². The highest BCUT2D eigenvalue weighted by molar-refractivity contribution is 5.92. The predicted octanol–water partition coefficient (Wildman–Crippen LogP) is 3.04. The molecule has 2 aromatic rings. The first kappa shape index (κ1) is 16.3. The highest BCUT2D eigenvalue weighted by atomic mass is 16.5. The normalized spacial score (nSPS) is 13.1. The van der Waals surface area contributed by atoms with Gasteiger partial charge in [-0.25, -0.2) is 0 Å². The fourth-order valence-electron chi connectivity index (χ4n) is 2.91. The van der Waals surface area contributed by atoms with Crippen molar-refractivity contribution in [2.75, 3.05) is 30.9 Å². The quantitative estimate of drug-likeness (QED) is 0.918. The molecule has 1 aromatic carbocycles. The van der Waals surface area contributed by atoms with Crippen molar-refractivity contribution in [3.05, 3.63) is 47.8 Å². The third kappa shape index (κ3) is 3.85. The molecule has 24 heavy (non-hydrogen) atoms. The fraction of sp³-hybridized carbons (Fsp3) is 0.368. The number of hydrogen-bond acceptors (Lipinski definition) is 4. The van der Waals surface area contributed by atoms with Crippen molar-refractivity contribution >= 4 is 17.3 Å². The first-order valence-electron chi connectivity index (χ1n) is 8.30. The molecular formula is C19H23N3O2. The molecule has 126 valence electrons. The second-order valence-corrected chi connectivity index (χ2v) is 6.22. The van der Waals surface area contributed by atoms with E-state index in [0.717, 1.165) is 47.6 Å². The second-order valence-electron chi connectivity index (χ2n) is 6.22. The number of carbonyl (C=O) groups is 1. The van der Waals surface area contributed by atoms with Crippen LogP contribution < -0.4 is 15.0 Å². The lowest BCUT2D eigenvalue weighted by atomic mass is 9.95. The molecule has 0 aliphatic heterocycles. The number of fused-ring (bicyclic) bond motifs is 1. The number of hydrogen-bond donors (Lipinski definition) is 1. The van der Waals surface area contributed by atoms with E-state index >= 15 is 0 Å². The van der Waals surface area contributed by atoms with Crippen LogP contribution in [0.2, 0.25) is 0 Å². The SMILES string of the molecule is CN(C)c1ccc(NC(=O)COc2ccnc3c2CCCC3)cc1. The molecule has 0 unspecified atom stereocenters. The van der Waals surface area contributed by atoms with Crippen molar-refractivity contribution in [1.29, 1.82) is 0 Å². The molecule has 0 radical (unpaired) electrons. The summed E-state index contributed by atoms with van der Waals surface area (Å²) >= 11 is 0. The van der Waals surface area contributed by atoms with Gasteiger partial charge in [0.2, 0.25) is 0 Å². The van der Waals surface area contributed by atoms with Crippen LogP contribution in [-0.4, -0.2) is 31.6 Å². The number of benzene rings is 1. The molecule has 5 nitrogen and oxygen atoms in total. The number of rotatable bonds is 5. The average molecular weight is 325 g/mol. The van der Waals surface area contributed by atoms with Gasteiger partial charge in [0.1, 0.15) is 5.75 Å². The Bertz CT molecular complexity index is 711. The van der Waals surface area contributed by atoms with Crippen molar-refractivity contribution in [1.82, 2.24) is 4.98 Å². The monoisotopic (exact) mass is 325 g/mol. The van der Waals surface area contributed by atoms with Gasteiger partial charge in [-0.05, 0) is 56.0 Å². The Morgan fingerprint density at radius 1 is 1.17 bits per heavy atom. The molecule has 1 aromatic heterocycles. The number of nitrogens with zero attached hydrogens (tertiary/aromatic N) is 2. The summed E-state index contributed by atoms with van der Waals surface area (Å²) in [5.41, 5.74) is 4.13.